The molecule has 5 nitrogen and oxygen atoms in total. The number of halogens is 1. The molecule has 1 N–H and O–H groups in total. The van der Waals surface area contributed by atoms with Crippen molar-refractivity contribution in [2.45, 2.75) is 31.8 Å². The monoisotopic (exact) mass is 409 g/mol. The quantitative estimate of drug-likeness (QED) is 0.620. The Kier molecular flexibility index (Phi) is 6.15. The Morgan fingerprint density at radius 2 is 1.97 bits per heavy atom. The summed E-state index contributed by atoms with van der Waals surface area (Å²) in [5.41, 5.74) is 3.12. The van der Waals surface area contributed by atoms with Crippen molar-refractivity contribution in [1.82, 2.24) is 15.1 Å². The number of aryl methyl sites for hydroxylation is 1. The van der Waals surface area contributed by atoms with Crippen LogP contribution in [0.1, 0.15) is 35.7 Å². The van der Waals surface area contributed by atoms with Gasteiger partial charge in [0.15, 0.2) is 0 Å². The molecule has 0 spiro atoms. The molecule has 0 saturated carbocycles. The Morgan fingerprint density at radius 3 is 2.76 bits per heavy atom. The summed E-state index contributed by atoms with van der Waals surface area (Å²) in [5.74, 6) is 1.26. The number of amides is 1. The second-order valence-corrected chi connectivity index (χ2v) is 7.81. The molecule has 1 fully saturated rings. The molecule has 3 aromatic rings. The first-order valence-electron chi connectivity index (χ1n) is 9.91. The molecule has 29 heavy (non-hydrogen) atoms. The summed E-state index contributed by atoms with van der Waals surface area (Å²) < 4.78 is 5.76. The number of rotatable bonds is 7. The summed E-state index contributed by atoms with van der Waals surface area (Å²) in [6.45, 7) is 1.94. The zero-order chi connectivity index (χ0) is 20.1. The fourth-order valence-corrected chi connectivity index (χ4v) is 3.76. The topological polar surface area (TPSA) is 58.2 Å². The normalized spacial score (nSPS) is 16.2. The van der Waals surface area contributed by atoms with E-state index >= 15 is 0 Å². The van der Waals surface area contributed by atoms with Gasteiger partial charge in [0.2, 0.25) is 5.91 Å². The lowest BCUT2D eigenvalue weighted by atomic mass is 10.1. The van der Waals surface area contributed by atoms with Crippen LogP contribution in [0.25, 0.3) is 0 Å². The van der Waals surface area contributed by atoms with Crippen LogP contribution in [0.15, 0.2) is 60.7 Å². The van der Waals surface area contributed by atoms with Crippen molar-refractivity contribution < 1.29 is 9.53 Å². The molecule has 0 radical (unpaired) electrons. The largest absolute Gasteiger partial charge is 0.487 e. The Bertz CT molecular complexity index is 940. The van der Waals surface area contributed by atoms with Crippen molar-refractivity contribution in [2.24, 2.45) is 0 Å². The third-order valence-electron chi connectivity index (χ3n) is 5.29. The van der Waals surface area contributed by atoms with E-state index in [1.807, 2.05) is 41.3 Å². The van der Waals surface area contributed by atoms with Gasteiger partial charge in [-0.3, -0.25) is 9.89 Å². The third kappa shape index (κ3) is 5.18. The maximum absolute atomic E-state index is 12.6. The van der Waals surface area contributed by atoms with Gasteiger partial charge in [-0.15, -0.1) is 0 Å². The van der Waals surface area contributed by atoms with Crippen molar-refractivity contribution in [3.8, 4) is 5.75 Å². The van der Waals surface area contributed by atoms with Crippen LogP contribution in [0.3, 0.4) is 0 Å². The molecule has 1 saturated heterocycles. The van der Waals surface area contributed by atoms with Crippen LogP contribution in [-0.2, 0) is 17.8 Å². The maximum Gasteiger partial charge on any atom is 0.222 e. The third-order valence-corrected chi connectivity index (χ3v) is 5.54. The standard InChI is InChI=1S/C23H24ClN3O2/c24-19-7-9-21(10-8-19)29-16-20-14-22(26-25-20)18-12-13-27(15-18)23(28)11-6-17-4-2-1-3-5-17/h1-5,7-10,14,18H,6,11-13,15-16H2,(H,25,26)/t18-/m1/s1. The van der Waals surface area contributed by atoms with E-state index in [9.17, 15) is 4.79 Å². The van der Waals surface area contributed by atoms with E-state index in [1.165, 1.54) is 5.56 Å². The fraction of sp³-hybridized carbons (Fsp3) is 0.304. The van der Waals surface area contributed by atoms with Crippen LogP contribution < -0.4 is 4.74 Å². The van der Waals surface area contributed by atoms with Gasteiger partial charge in [-0.05, 0) is 48.7 Å². The number of aromatic nitrogens is 2. The van der Waals surface area contributed by atoms with Gasteiger partial charge >= 0.3 is 0 Å². The highest BCUT2D eigenvalue weighted by molar-refractivity contribution is 6.30. The van der Waals surface area contributed by atoms with Gasteiger partial charge in [0.05, 0.1) is 11.4 Å². The minimum Gasteiger partial charge on any atom is -0.487 e. The van der Waals surface area contributed by atoms with Crippen LogP contribution in [0, 0.1) is 0 Å². The molecule has 150 valence electrons. The molecular weight excluding hydrogens is 386 g/mol. The Balaban J connectivity index is 1.26. The second-order valence-electron chi connectivity index (χ2n) is 7.37. The van der Waals surface area contributed by atoms with Crippen LogP contribution in [0.5, 0.6) is 5.75 Å². The number of likely N-dealkylation sites (tertiary alicyclic amines) is 1. The fourth-order valence-electron chi connectivity index (χ4n) is 3.64. The van der Waals surface area contributed by atoms with Gasteiger partial charge in [-0.2, -0.15) is 5.10 Å². The number of nitrogens with one attached hydrogen (secondary N) is 1. The van der Waals surface area contributed by atoms with Crippen LogP contribution in [0.4, 0.5) is 0 Å². The number of nitrogens with zero attached hydrogens (tertiary/aromatic N) is 2. The SMILES string of the molecule is O=C(CCc1ccccc1)N1CC[C@@H](c2cc(COc3ccc(Cl)cc3)[nH]n2)C1. The molecule has 1 aliphatic rings. The molecule has 2 heterocycles. The molecule has 1 aliphatic heterocycles. The van der Waals surface area contributed by atoms with Gasteiger partial charge < -0.3 is 9.64 Å². The highest BCUT2D eigenvalue weighted by atomic mass is 35.5. The lowest BCUT2D eigenvalue weighted by Crippen LogP contribution is -2.28. The van der Waals surface area contributed by atoms with Gasteiger partial charge in [-0.25, -0.2) is 0 Å². The summed E-state index contributed by atoms with van der Waals surface area (Å²) in [4.78, 5) is 14.5. The predicted octanol–water partition coefficient (Wildman–Crippen LogP) is 4.59. The number of benzene rings is 2. The summed E-state index contributed by atoms with van der Waals surface area (Å²) in [5, 5.41) is 8.18. The number of H-pyrrole nitrogens is 1. The highest BCUT2D eigenvalue weighted by Gasteiger charge is 2.28. The van der Waals surface area contributed by atoms with Gasteiger partial charge in [-0.1, -0.05) is 41.9 Å². The number of ether oxygens (including phenoxy) is 1. The Hall–Kier alpha value is -2.79. The van der Waals surface area contributed by atoms with Crippen molar-refractivity contribution in [3.05, 3.63) is 82.6 Å². The van der Waals surface area contributed by atoms with Crippen molar-refractivity contribution in [2.75, 3.05) is 13.1 Å². The molecule has 2 aromatic carbocycles. The smallest absolute Gasteiger partial charge is 0.222 e. The van der Waals surface area contributed by atoms with E-state index in [2.05, 4.69) is 22.3 Å². The average Bonchev–Trinajstić information content (AvgIpc) is 3.42. The zero-order valence-corrected chi connectivity index (χ0v) is 16.9. The molecule has 4 rings (SSSR count). The number of hydrogen-bond donors (Lipinski definition) is 1. The van der Waals surface area contributed by atoms with E-state index in [0.717, 1.165) is 43.1 Å². The van der Waals surface area contributed by atoms with Crippen molar-refractivity contribution >= 4 is 17.5 Å². The summed E-state index contributed by atoms with van der Waals surface area (Å²) >= 11 is 5.89. The van der Waals surface area contributed by atoms with Crippen LogP contribution >= 0.6 is 11.6 Å². The predicted molar refractivity (Wildman–Crippen MR) is 113 cm³/mol. The Morgan fingerprint density at radius 1 is 1.17 bits per heavy atom. The summed E-state index contributed by atoms with van der Waals surface area (Å²) in [6.07, 6.45) is 2.28. The molecule has 0 bridgehead atoms. The van der Waals surface area contributed by atoms with E-state index in [0.29, 0.717) is 18.1 Å². The van der Waals surface area contributed by atoms with E-state index in [4.69, 9.17) is 16.3 Å². The first-order valence-corrected chi connectivity index (χ1v) is 10.3. The molecule has 1 aromatic heterocycles. The lowest BCUT2D eigenvalue weighted by Gasteiger charge is -2.16. The minimum absolute atomic E-state index is 0.221. The summed E-state index contributed by atoms with van der Waals surface area (Å²) in [7, 11) is 0. The molecule has 1 amide bonds. The molecule has 1 atom stereocenters. The van der Waals surface area contributed by atoms with Crippen molar-refractivity contribution in [1.29, 1.82) is 0 Å². The van der Waals surface area contributed by atoms with E-state index in [-0.39, 0.29) is 11.8 Å². The minimum atomic E-state index is 0.221. The molecule has 6 heteroatoms. The number of carbonyl (C=O) groups is 1. The van der Waals surface area contributed by atoms with Crippen molar-refractivity contribution in [3.63, 3.8) is 0 Å². The molecule has 0 unspecified atom stereocenters. The highest BCUT2D eigenvalue weighted by Crippen LogP contribution is 2.27. The first-order chi connectivity index (χ1) is 14.2. The number of hydrogen-bond acceptors (Lipinski definition) is 3. The van der Waals surface area contributed by atoms with Gasteiger partial charge in [0.1, 0.15) is 12.4 Å². The zero-order valence-electron chi connectivity index (χ0n) is 16.2. The lowest BCUT2D eigenvalue weighted by molar-refractivity contribution is -0.130. The van der Waals surface area contributed by atoms with Gasteiger partial charge in [0, 0.05) is 30.5 Å². The van der Waals surface area contributed by atoms with Crippen LogP contribution in [-0.4, -0.2) is 34.1 Å². The maximum atomic E-state index is 12.6. The van der Waals surface area contributed by atoms with Gasteiger partial charge in [0.25, 0.3) is 0 Å². The van der Waals surface area contributed by atoms with E-state index < -0.39 is 0 Å². The molecule has 0 aliphatic carbocycles. The molecular formula is C23H24ClN3O2. The number of carbonyl (C=O) groups excluding carboxylic acids is 1. The second kappa shape index (κ2) is 9.14. The summed E-state index contributed by atoms with van der Waals surface area (Å²) in [6, 6.07) is 19.5. The van der Waals surface area contributed by atoms with E-state index in [1.54, 1.807) is 12.1 Å². The Labute approximate surface area is 175 Å². The average molecular weight is 410 g/mol. The van der Waals surface area contributed by atoms with Crippen LogP contribution in [0.2, 0.25) is 5.02 Å². The first kappa shape index (κ1) is 19.5. The number of aromatic amines is 1.